The summed E-state index contributed by atoms with van der Waals surface area (Å²) in [6.07, 6.45) is 6.48. The minimum atomic E-state index is -0.831. The molecule has 2 aliphatic heterocycles. The van der Waals surface area contributed by atoms with Gasteiger partial charge in [0.05, 0.1) is 18.0 Å². The molecule has 0 saturated carbocycles. The lowest BCUT2D eigenvalue weighted by molar-refractivity contribution is -0.146. The topological polar surface area (TPSA) is 190 Å². The molecule has 0 spiro atoms. The highest BCUT2D eigenvalue weighted by atomic mass is 16.5. The van der Waals surface area contributed by atoms with Gasteiger partial charge >= 0.3 is 11.9 Å². The van der Waals surface area contributed by atoms with Crippen LogP contribution in [0.1, 0.15) is 60.1 Å². The second kappa shape index (κ2) is 21.9. The van der Waals surface area contributed by atoms with Crippen LogP contribution in [-0.2, 0) is 31.9 Å². The zero-order valence-electron chi connectivity index (χ0n) is 33.3. The second-order valence-corrected chi connectivity index (χ2v) is 15.6. The number of aliphatic carboxylic acids is 2. The molecule has 2 saturated heterocycles. The number of aromatic amines is 1. The van der Waals surface area contributed by atoms with Crippen molar-refractivity contribution >= 4 is 17.8 Å². The first-order valence-electron chi connectivity index (χ1n) is 20.6. The first-order chi connectivity index (χ1) is 28.7. The number of benzene rings is 4. The summed E-state index contributed by atoms with van der Waals surface area (Å²) < 4.78 is 10.8. The zero-order chi connectivity index (χ0) is 41.4. The van der Waals surface area contributed by atoms with E-state index in [-0.39, 0.29) is 41.4 Å². The molecule has 0 radical (unpaired) electrons. The third kappa shape index (κ3) is 12.9. The molecule has 2 unspecified atom stereocenters. The third-order valence-electron chi connectivity index (χ3n) is 11.5. The first kappa shape index (κ1) is 42.9. The molecule has 7 rings (SSSR count). The van der Waals surface area contributed by atoms with Gasteiger partial charge in [-0.15, -0.1) is 0 Å². The number of hydrogen-bond acceptors (Lipinski definition) is 8. The van der Waals surface area contributed by atoms with Gasteiger partial charge in [-0.1, -0.05) is 109 Å². The Kier molecular flexibility index (Phi) is 15.9. The second-order valence-electron chi connectivity index (χ2n) is 15.6. The number of amides is 1. The lowest BCUT2D eigenvalue weighted by Crippen LogP contribution is -2.41. The summed E-state index contributed by atoms with van der Waals surface area (Å²) in [5.74, 6) is -2.66. The maximum atomic E-state index is 12.7. The molecule has 4 atom stereocenters. The predicted molar refractivity (Wildman–Crippen MR) is 225 cm³/mol. The lowest BCUT2D eigenvalue weighted by atomic mass is 9.81. The molecule has 1 amide bonds. The van der Waals surface area contributed by atoms with E-state index in [2.05, 4.69) is 69.3 Å². The molecule has 4 aromatic carbocycles. The number of nitrogens with two attached hydrogens (primary N) is 1. The maximum Gasteiger partial charge on any atom is 0.306 e. The predicted octanol–water partition coefficient (Wildman–Crippen LogP) is 7.07. The van der Waals surface area contributed by atoms with E-state index in [1.807, 2.05) is 60.7 Å². The number of ether oxygens (including phenoxy) is 2. The summed E-state index contributed by atoms with van der Waals surface area (Å²) in [5.41, 5.74) is 13.3. The largest absolute Gasteiger partial charge is 0.481 e. The average molecular weight is 802 g/mol. The van der Waals surface area contributed by atoms with E-state index in [1.165, 1.54) is 17.3 Å². The van der Waals surface area contributed by atoms with Crippen molar-refractivity contribution in [3.05, 3.63) is 132 Å². The minimum absolute atomic E-state index is 0.0307. The van der Waals surface area contributed by atoms with Crippen molar-refractivity contribution in [1.82, 2.24) is 20.7 Å². The summed E-state index contributed by atoms with van der Waals surface area (Å²) in [7, 11) is 0. The molecule has 2 aliphatic rings. The quantitative estimate of drug-likeness (QED) is 0.0690. The van der Waals surface area contributed by atoms with Crippen LogP contribution in [0.4, 0.5) is 0 Å². The zero-order valence-corrected chi connectivity index (χ0v) is 33.3. The number of carboxylic acid groups (broad SMARTS) is 2. The van der Waals surface area contributed by atoms with Crippen LogP contribution in [0, 0.1) is 23.7 Å². The monoisotopic (exact) mass is 801 g/mol. The highest BCUT2D eigenvalue weighted by Gasteiger charge is 2.33. The first-order valence-corrected chi connectivity index (χ1v) is 20.6. The van der Waals surface area contributed by atoms with Gasteiger partial charge in [0.25, 0.3) is 5.91 Å². The highest BCUT2D eigenvalue weighted by Crippen LogP contribution is 2.30. The standard InChI is InChI=1S/C25H28N4O4.C22H27NO3/c30-24(23-16-26-29-28-23)27-21(15-22(25(31)32)20-10-12-33-13-11-20)14-17-6-8-19(9-7-17)18-4-2-1-3-5-18;23-20(15-21(22(24)25)19-10-12-26-13-11-19)14-16-6-8-18(9-7-16)17-4-2-1-3-5-17/h1-9,16,20-22H,10-15H2,(H,27,30)(H,31,32)(H,26,28,29);1-9,19-21H,10-15,23H2,(H,24,25)/t21-,22?;20-,21?/m11/s1. The van der Waals surface area contributed by atoms with E-state index < -0.39 is 17.9 Å². The van der Waals surface area contributed by atoms with Crippen molar-refractivity contribution in [2.75, 3.05) is 26.4 Å². The summed E-state index contributed by atoms with van der Waals surface area (Å²) in [4.78, 5) is 36.5. The number of hydrogen-bond donors (Lipinski definition) is 5. The molecule has 1 aromatic heterocycles. The molecule has 3 heterocycles. The van der Waals surface area contributed by atoms with E-state index in [0.29, 0.717) is 65.0 Å². The van der Waals surface area contributed by atoms with E-state index >= 15 is 0 Å². The molecule has 12 heteroatoms. The van der Waals surface area contributed by atoms with Crippen molar-refractivity contribution < 1.29 is 34.1 Å². The Morgan fingerprint density at radius 1 is 0.644 bits per heavy atom. The maximum absolute atomic E-state index is 12.7. The van der Waals surface area contributed by atoms with Crippen molar-refractivity contribution in [2.45, 2.75) is 63.5 Å². The Labute approximate surface area is 345 Å². The number of aromatic nitrogens is 3. The van der Waals surface area contributed by atoms with E-state index in [4.69, 9.17) is 15.2 Å². The number of carboxylic acids is 2. The van der Waals surface area contributed by atoms with E-state index in [1.54, 1.807) is 0 Å². The van der Waals surface area contributed by atoms with Gasteiger partial charge in [-0.3, -0.25) is 14.4 Å². The van der Waals surface area contributed by atoms with Crippen molar-refractivity contribution in [3.8, 4) is 22.3 Å². The van der Waals surface area contributed by atoms with Gasteiger partial charge in [-0.2, -0.15) is 15.4 Å². The van der Waals surface area contributed by atoms with Gasteiger partial charge in [0.1, 0.15) is 0 Å². The Bertz CT molecular complexity index is 2020. The van der Waals surface area contributed by atoms with Crippen LogP contribution in [-0.4, -0.2) is 82.0 Å². The molecule has 6 N–H and O–H groups in total. The summed E-state index contributed by atoms with van der Waals surface area (Å²) >= 11 is 0. The lowest BCUT2D eigenvalue weighted by Gasteiger charge is -2.30. The smallest absolute Gasteiger partial charge is 0.306 e. The van der Waals surface area contributed by atoms with Gasteiger partial charge < -0.3 is 30.7 Å². The fraction of sp³-hybridized carbons (Fsp3) is 0.383. The highest BCUT2D eigenvalue weighted by molar-refractivity contribution is 5.92. The number of nitrogens with zero attached hydrogens (tertiary/aromatic N) is 2. The fourth-order valence-corrected chi connectivity index (χ4v) is 8.22. The normalized spacial score (nSPS) is 16.8. The van der Waals surface area contributed by atoms with E-state index in [9.17, 15) is 24.6 Å². The van der Waals surface area contributed by atoms with Crippen molar-refractivity contribution in [2.24, 2.45) is 29.4 Å². The SMILES string of the molecule is N[C@H](Cc1ccc(-c2ccccc2)cc1)CC(C(=O)O)C1CCOCC1.O=C(N[C@H](Cc1ccc(-c2ccccc2)cc1)CC(C(=O)O)C1CCOCC1)c1cn[nH]n1. The van der Waals surface area contributed by atoms with Crippen molar-refractivity contribution in [1.29, 1.82) is 0 Å². The molecule has 2 fully saturated rings. The Balaban J connectivity index is 0.000000204. The number of carbonyl (C=O) groups is 3. The summed E-state index contributed by atoms with van der Waals surface area (Å²) in [5, 5.41) is 32.5. The van der Waals surface area contributed by atoms with Crippen LogP contribution in [0.5, 0.6) is 0 Å². The summed E-state index contributed by atoms with van der Waals surface area (Å²) in [6.45, 7) is 2.46. The van der Waals surface area contributed by atoms with Crippen LogP contribution in [0.15, 0.2) is 115 Å². The molecule has 59 heavy (non-hydrogen) atoms. The molecule has 0 bridgehead atoms. The fourth-order valence-electron chi connectivity index (χ4n) is 8.22. The Morgan fingerprint density at radius 3 is 1.53 bits per heavy atom. The van der Waals surface area contributed by atoms with Crippen LogP contribution >= 0.6 is 0 Å². The van der Waals surface area contributed by atoms with Crippen LogP contribution in [0.3, 0.4) is 0 Å². The van der Waals surface area contributed by atoms with Crippen LogP contribution < -0.4 is 11.1 Å². The van der Waals surface area contributed by atoms with Gasteiger partial charge in [0.2, 0.25) is 0 Å². The van der Waals surface area contributed by atoms with Crippen LogP contribution in [0.25, 0.3) is 22.3 Å². The molecule has 12 nitrogen and oxygen atoms in total. The molecular formula is C47H55N5O7. The molecule has 0 aliphatic carbocycles. The van der Waals surface area contributed by atoms with E-state index in [0.717, 1.165) is 35.1 Å². The number of carbonyl (C=O) groups excluding carboxylic acids is 1. The van der Waals surface area contributed by atoms with Gasteiger partial charge in [0.15, 0.2) is 5.69 Å². The van der Waals surface area contributed by atoms with Gasteiger partial charge in [-0.05, 0) is 96.6 Å². The van der Waals surface area contributed by atoms with Crippen molar-refractivity contribution in [3.63, 3.8) is 0 Å². The molecule has 5 aromatic rings. The van der Waals surface area contributed by atoms with Crippen LogP contribution in [0.2, 0.25) is 0 Å². The molecular weight excluding hydrogens is 747 g/mol. The average Bonchev–Trinajstić information content (AvgIpc) is 3.82. The number of H-pyrrole nitrogens is 1. The van der Waals surface area contributed by atoms with Gasteiger partial charge in [-0.25, -0.2) is 0 Å². The number of nitrogens with one attached hydrogen (secondary N) is 2. The van der Waals surface area contributed by atoms with Gasteiger partial charge in [0, 0.05) is 38.5 Å². The Hall–Kier alpha value is -5.69. The Morgan fingerprint density at radius 2 is 1.08 bits per heavy atom. The third-order valence-corrected chi connectivity index (χ3v) is 11.5. The number of rotatable bonds is 16. The molecule has 310 valence electrons. The minimum Gasteiger partial charge on any atom is -0.481 e. The summed E-state index contributed by atoms with van der Waals surface area (Å²) in [6, 6.07) is 36.4.